The highest BCUT2D eigenvalue weighted by molar-refractivity contribution is 5.77. The van der Waals surface area contributed by atoms with Crippen LogP contribution in [0.5, 0.6) is 0 Å². The minimum Gasteiger partial charge on any atom is -0.459 e. The van der Waals surface area contributed by atoms with E-state index in [2.05, 4.69) is 36.3 Å². The van der Waals surface area contributed by atoms with Crippen molar-refractivity contribution in [3.8, 4) is 0 Å². The molecule has 2 aromatic rings. The molecule has 1 aliphatic rings. The molecule has 0 amide bonds. The summed E-state index contributed by atoms with van der Waals surface area (Å²) < 4.78 is 11.6. The summed E-state index contributed by atoms with van der Waals surface area (Å²) in [5, 5.41) is 4.66. The van der Waals surface area contributed by atoms with Gasteiger partial charge in [-0.15, -0.1) is 0 Å². The first-order chi connectivity index (χ1) is 9.72. The molecule has 4 nitrogen and oxygen atoms in total. The van der Waals surface area contributed by atoms with Gasteiger partial charge < -0.3 is 19.4 Å². The van der Waals surface area contributed by atoms with Crippen molar-refractivity contribution in [2.45, 2.75) is 19.1 Å². The van der Waals surface area contributed by atoms with E-state index >= 15 is 0 Å². The summed E-state index contributed by atoms with van der Waals surface area (Å²) in [6.07, 6.45) is 0.264. The molecule has 1 aliphatic heterocycles. The molecule has 0 aliphatic carbocycles. The molecule has 20 heavy (non-hydrogen) atoms. The van der Waals surface area contributed by atoms with Gasteiger partial charge >= 0.3 is 0 Å². The molecule has 1 fully saturated rings. The van der Waals surface area contributed by atoms with Crippen LogP contribution < -0.4 is 5.32 Å². The number of nitrogens with zero attached hydrogens (tertiary/aromatic N) is 1. The van der Waals surface area contributed by atoms with E-state index < -0.39 is 0 Å². The second-order valence-corrected chi connectivity index (χ2v) is 5.57. The van der Waals surface area contributed by atoms with Gasteiger partial charge in [0, 0.05) is 25.0 Å². The van der Waals surface area contributed by atoms with Gasteiger partial charge in [0.25, 0.3) is 0 Å². The van der Waals surface area contributed by atoms with Gasteiger partial charge in [-0.05, 0) is 26.1 Å². The number of nitrogens with one attached hydrogen (secondary N) is 1. The fourth-order valence-electron chi connectivity index (χ4n) is 2.61. The number of benzene rings is 1. The van der Waals surface area contributed by atoms with Crippen LogP contribution in [-0.4, -0.2) is 44.3 Å². The van der Waals surface area contributed by atoms with Gasteiger partial charge in [0.05, 0.1) is 18.8 Å². The van der Waals surface area contributed by atoms with Crippen molar-refractivity contribution >= 4 is 11.0 Å². The highest BCUT2D eigenvalue weighted by atomic mass is 16.5. The molecule has 2 heterocycles. The smallest absolute Gasteiger partial charge is 0.134 e. The number of morpholine rings is 1. The molecule has 1 aromatic carbocycles. The number of hydrogen-bond acceptors (Lipinski definition) is 4. The lowest BCUT2D eigenvalue weighted by molar-refractivity contribution is -0.0193. The molecule has 108 valence electrons. The second kappa shape index (κ2) is 5.95. The molecule has 0 saturated carbocycles. The van der Waals surface area contributed by atoms with E-state index in [1.165, 1.54) is 0 Å². The Morgan fingerprint density at radius 3 is 3.05 bits per heavy atom. The minimum atomic E-state index is 0.193. The van der Waals surface area contributed by atoms with E-state index in [9.17, 15) is 0 Å². The molecule has 2 atom stereocenters. The zero-order valence-corrected chi connectivity index (χ0v) is 12.1. The lowest BCUT2D eigenvalue weighted by atomic mass is 10.2. The third-order valence-corrected chi connectivity index (χ3v) is 3.86. The van der Waals surface area contributed by atoms with Gasteiger partial charge in [-0.25, -0.2) is 0 Å². The maximum Gasteiger partial charge on any atom is 0.134 e. The molecule has 1 N–H and O–H groups in total. The fraction of sp³-hybridized carbons (Fsp3) is 0.500. The molecular weight excluding hydrogens is 252 g/mol. The maximum atomic E-state index is 5.88. The van der Waals surface area contributed by atoms with E-state index in [4.69, 9.17) is 9.15 Å². The predicted molar refractivity (Wildman–Crippen MR) is 79.9 cm³/mol. The quantitative estimate of drug-likeness (QED) is 0.929. The molecule has 0 bridgehead atoms. The van der Waals surface area contributed by atoms with Crippen molar-refractivity contribution < 1.29 is 9.15 Å². The van der Waals surface area contributed by atoms with Gasteiger partial charge in [-0.2, -0.15) is 0 Å². The van der Waals surface area contributed by atoms with Crippen LogP contribution >= 0.6 is 0 Å². The number of furan rings is 1. The van der Waals surface area contributed by atoms with E-state index in [-0.39, 0.29) is 12.1 Å². The number of para-hydroxylation sites is 1. The predicted octanol–water partition coefficient (Wildman–Crippen LogP) is 2.41. The van der Waals surface area contributed by atoms with Gasteiger partial charge in [-0.1, -0.05) is 18.2 Å². The Hall–Kier alpha value is -1.36. The van der Waals surface area contributed by atoms with Gasteiger partial charge in [0.2, 0.25) is 0 Å². The topological polar surface area (TPSA) is 37.6 Å². The zero-order chi connectivity index (χ0) is 13.9. The first-order valence-electron chi connectivity index (χ1n) is 7.24. The van der Waals surface area contributed by atoms with Crippen molar-refractivity contribution in [2.24, 2.45) is 0 Å². The molecule has 3 rings (SSSR count). The average molecular weight is 274 g/mol. The standard InChI is InChI=1S/C16H22N2O2/c1-12(17-10-14-11-18(2)7-8-19-14)16-9-13-5-3-4-6-15(13)20-16/h3-6,9,12,14,17H,7-8,10-11H2,1-2H3. The summed E-state index contributed by atoms with van der Waals surface area (Å²) in [7, 11) is 2.14. The molecular formula is C16H22N2O2. The monoisotopic (exact) mass is 274 g/mol. The van der Waals surface area contributed by atoms with E-state index in [0.29, 0.717) is 0 Å². The largest absolute Gasteiger partial charge is 0.459 e. The van der Waals surface area contributed by atoms with Crippen molar-refractivity contribution in [1.82, 2.24) is 10.2 Å². The summed E-state index contributed by atoms with van der Waals surface area (Å²) >= 11 is 0. The molecule has 4 heteroatoms. The second-order valence-electron chi connectivity index (χ2n) is 5.57. The SMILES string of the molecule is CC(NCC1CN(C)CCO1)c1cc2ccccc2o1. The first kappa shape index (κ1) is 13.6. The summed E-state index contributed by atoms with van der Waals surface area (Å²) in [5.74, 6) is 0.982. The van der Waals surface area contributed by atoms with Gasteiger partial charge in [0.15, 0.2) is 0 Å². The van der Waals surface area contributed by atoms with E-state index in [1.54, 1.807) is 0 Å². The molecule has 1 aromatic heterocycles. The van der Waals surface area contributed by atoms with Crippen LogP contribution in [0.4, 0.5) is 0 Å². The Kier molecular flexibility index (Phi) is 4.05. The summed E-state index contributed by atoms with van der Waals surface area (Å²) in [4.78, 5) is 2.31. The highest BCUT2D eigenvalue weighted by Gasteiger charge is 2.19. The molecule has 0 radical (unpaired) electrons. The Morgan fingerprint density at radius 1 is 1.40 bits per heavy atom. The van der Waals surface area contributed by atoms with Crippen LogP contribution in [0.1, 0.15) is 18.7 Å². The Bertz CT molecular complexity index is 533. The Labute approximate surface area is 119 Å². The van der Waals surface area contributed by atoms with Gasteiger partial charge in [0.1, 0.15) is 11.3 Å². The van der Waals surface area contributed by atoms with E-state index in [0.717, 1.165) is 43.0 Å². The van der Waals surface area contributed by atoms with Crippen molar-refractivity contribution in [3.63, 3.8) is 0 Å². The van der Waals surface area contributed by atoms with Crippen LogP contribution in [0.15, 0.2) is 34.7 Å². The number of fused-ring (bicyclic) bond motifs is 1. The van der Waals surface area contributed by atoms with Crippen LogP contribution in [-0.2, 0) is 4.74 Å². The highest BCUT2D eigenvalue weighted by Crippen LogP contribution is 2.23. The summed E-state index contributed by atoms with van der Waals surface area (Å²) in [5.41, 5.74) is 0.949. The lowest BCUT2D eigenvalue weighted by Gasteiger charge is -2.30. The summed E-state index contributed by atoms with van der Waals surface area (Å²) in [6.45, 7) is 5.81. The number of rotatable bonds is 4. The van der Waals surface area contributed by atoms with E-state index in [1.807, 2.05) is 18.2 Å². The van der Waals surface area contributed by atoms with Crippen molar-refractivity contribution in [1.29, 1.82) is 0 Å². The molecule has 2 unspecified atom stereocenters. The lowest BCUT2D eigenvalue weighted by Crippen LogP contribution is -2.45. The number of hydrogen-bond donors (Lipinski definition) is 1. The van der Waals surface area contributed by atoms with Crippen LogP contribution in [0.3, 0.4) is 0 Å². The summed E-state index contributed by atoms with van der Waals surface area (Å²) in [6, 6.07) is 10.4. The Balaban J connectivity index is 1.59. The van der Waals surface area contributed by atoms with Crippen LogP contribution in [0, 0.1) is 0 Å². The molecule has 0 spiro atoms. The van der Waals surface area contributed by atoms with Crippen molar-refractivity contribution in [3.05, 3.63) is 36.1 Å². The molecule has 1 saturated heterocycles. The third-order valence-electron chi connectivity index (χ3n) is 3.86. The average Bonchev–Trinajstić information content (AvgIpc) is 2.89. The van der Waals surface area contributed by atoms with Gasteiger partial charge in [-0.3, -0.25) is 0 Å². The zero-order valence-electron chi connectivity index (χ0n) is 12.1. The maximum absolute atomic E-state index is 5.88. The van der Waals surface area contributed by atoms with Crippen molar-refractivity contribution in [2.75, 3.05) is 33.3 Å². The minimum absolute atomic E-state index is 0.193. The number of likely N-dealkylation sites (N-methyl/N-ethyl adjacent to an activating group) is 1. The first-order valence-corrected chi connectivity index (χ1v) is 7.24. The number of ether oxygens (including phenoxy) is 1. The Morgan fingerprint density at radius 2 is 2.25 bits per heavy atom. The van der Waals surface area contributed by atoms with Crippen LogP contribution in [0.2, 0.25) is 0 Å². The third kappa shape index (κ3) is 3.03. The van der Waals surface area contributed by atoms with Crippen LogP contribution in [0.25, 0.3) is 11.0 Å². The normalized spacial score (nSPS) is 22.2. The fourth-order valence-corrected chi connectivity index (χ4v) is 2.61.